The third-order valence-corrected chi connectivity index (χ3v) is 3.93. The number of hydrogen-bond donors (Lipinski definition) is 1. The molecule has 1 heterocycles. The van der Waals surface area contributed by atoms with Crippen LogP contribution in [0.1, 0.15) is 5.56 Å². The van der Waals surface area contributed by atoms with Crippen LogP contribution in [0, 0.1) is 0 Å². The van der Waals surface area contributed by atoms with Gasteiger partial charge in [-0.25, -0.2) is 4.68 Å². The number of halogens is 1. The van der Waals surface area contributed by atoms with Gasteiger partial charge in [-0.1, -0.05) is 35.9 Å². The van der Waals surface area contributed by atoms with E-state index in [9.17, 15) is 9.59 Å². The molecule has 0 spiro atoms. The molecule has 0 saturated heterocycles. The summed E-state index contributed by atoms with van der Waals surface area (Å²) in [5.74, 6) is -0.118. The van der Waals surface area contributed by atoms with Crippen LogP contribution in [-0.4, -0.2) is 15.7 Å². The molecule has 0 radical (unpaired) electrons. The molecule has 1 aromatic heterocycles. The maximum atomic E-state index is 12.2. The van der Waals surface area contributed by atoms with Crippen LogP contribution in [0.4, 0.5) is 5.69 Å². The van der Waals surface area contributed by atoms with Gasteiger partial charge in [0, 0.05) is 29.4 Å². The summed E-state index contributed by atoms with van der Waals surface area (Å²) >= 11 is 5.85. The fourth-order valence-corrected chi connectivity index (χ4v) is 2.53. The molecule has 0 unspecified atom stereocenters. The number of carbonyl (C=O) groups is 1. The van der Waals surface area contributed by atoms with Crippen LogP contribution in [0.15, 0.2) is 65.5 Å². The Morgan fingerprint density at radius 1 is 1.12 bits per heavy atom. The lowest BCUT2D eigenvalue weighted by molar-refractivity contribution is -0.115. The van der Waals surface area contributed by atoms with Crippen LogP contribution in [0.25, 0.3) is 11.3 Å². The summed E-state index contributed by atoms with van der Waals surface area (Å²) in [7, 11) is 1.60. The number of nitrogens with one attached hydrogen (secondary N) is 1. The second-order valence-corrected chi connectivity index (χ2v) is 6.05. The molecule has 5 nitrogen and oxygen atoms in total. The molecular weight excluding hydrogens is 338 g/mol. The third kappa shape index (κ3) is 4.33. The molecule has 1 amide bonds. The van der Waals surface area contributed by atoms with E-state index in [0.29, 0.717) is 16.4 Å². The molecule has 3 rings (SSSR count). The standard InChI is InChI=1S/C19H16ClN3O2/c1-23-19(25)10-9-17(22-23)14-3-2-4-16(12-14)21-18(24)11-13-5-7-15(20)8-6-13/h2-10,12H,11H2,1H3,(H,21,24). The number of benzene rings is 2. The van der Waals surface area contributed by atoms with Gasteiger partial charge in [-0.15, -0.1) is 0 Å². The lowest BCUT2D eigenvalue weighted by Gasteiger charge is -2.08. The first-order chi connectivity index (χ1) is 12.0. The van der Waals surface area contributed by atoms with Crippen molar-refractivity contribution in [2.75, 3.05) is 5.32 Å². The molecule has 25 heavy (non-hydrogen) atoms. The highest BCUT2D eigenvalue weighted by atomic mass is 35.5. The van der Waals surface area contributed by atoms with E-state index in [1.807, 2.05) is 36.4 Å². The fraction of sp³-hybridized carbons (Fsp3) is 0.105. The topological polar surface area (TPSA) is 64.0 Å². The first-order valence-corrected chi connectivity index (χ1v) is 8.08. The van der Waals surface area contributed by atoms with Gasteiger partial charge in [0.05, 0.1) is 12.1 Å². The van der Waals surface area contributed by atoms with E-state index >= 15 is 0 Å². The van der Waals surface area contributed by atoms with Gasteiger partial charge in [-0.05, 0) is 35.9 Å². The summed E-state index contributed by atoms with van der Waals surface area (Å²) in [6.07, 6.45) is 0.263. The molecule has 0 aliphatic heterocycles. The summed E-state index contributed by atoms with van der Waals surface area (Å²) in [4.78, 5) is 23.7. The average molecular weight is 354 g/mol. The zero-order chi connectivity index (χ0) is 17.8. The number of rotatable bonds is 4. The van der Waals surface area contributed by atoms with E-state index in [2.05, 4.69) is 10.4 Å². The molecule has 1 N–H and O–H groups in total. The van der Waals surface area contributed by atoms with Crippen molar-refractivity contribution in [1.82, 2.24) is 9.78 Å². The number of carbonyl (C=O) groups excluding carboxylic acids is 1. The molecule has 6 heteroatoms. The fourth-order valence-electron chi connectivity index (χ4n) is 2.41. The Morgan fingerprint density at radius 3 is 2.60 bits per heavy atom. The smallest absolute Gasteiger partial charge is 0.266 e. The van der Waals surface area contributed by atoms with E-state index in [0.717, 1.165) is 11.1 Å². The first kappa shape index (κ1) is 16.9. The van der Waals surface area contributed by atoms with Crippen LogP contribution in [0.5, 0.6) is 0 Å². The highest BCUT2D eigenvalue weighted by Gasteiger charge is 2.07. The summed E-state index contributed by atoms with van der Waals surface area (Å²) in [5.41, 5.74) is 2.87. The number of nitrogens with zero attached hydrogens (tertiary/aromatic N) is 2. The number of hydrogen-bond acceptors (Lipinski definition) is 3. The van der Waals surface area contributed by atoms with Gasteiger partial charge < -0.3 is 5.32 Å². The molecule has 0 atom stereocenters. The van der Waals surface area contributed by atoms with Crippen molar-refractivity contribution in [1.29, 1.82) is 0 Å². The van der Waals surface area contributed by atoms with Crippen molar-refractivity contribution in [2.45, 2.75) is 6.42 Å². The minimum Gasteiger partial charge on any atom is -0.326 e. The molecule has 126 valence electrons. The highest BCUT2D eigenvalue weighted by molar-refractivity contribution is 6.30. The van der Waals surface area contributed by atoms with Crippen molar-refractivity contribution in [3.63, 3.8) is 0 Å². The number of anilines is 1. The monoisotopic (exact) mass is 353 g/mol. The Bertz CT molecular complexity index is 965. The van der Waals surface area contributed by atoms with Gasteiger partial charge in [0.15, 0.2) is 0 Å². The van der Waals surface area contributed by atoms with Gasteiger partial charge in [0.25, 0.3) is 5.56 Å². The minimum absolute atomic E-state index is 0.118. The van der Waals surface area contributed by atoms with Crippen molar-refractivity contribution < 1.29 is 4.79 Å². The normalized spacial score (nSPS) is 10.5. The Morgan fingerprint density at radius 2 is 1.88 bits per heavy atom. The van der Waals surface area contributed by atoms with Crippen molar-refractivity contribution in [2.24, 2.45) is 7.05 Å². The number of amides is 1. The molecule has 0 aliphatic carbocycles. The summed E-state index contributed by atoms with van der Waals surface area (Å²) < 4.78 is 1.28. The van der Waals surface area contributed by atoms with Crippen molar-refractivity contribution in [3.05, 3.63) is 81.6 Å². The van der Waals surface area contributed by atoms with Crippen LogP contribution < -0.4 is 10.9 Å². The van der Waals surface area contributed by atoms with Gasteiger partial charge in [-0.3, -0.25) is 9.59 Å². The lowest BCUT2D eigenvalue weighted by atomic mass is 10.1. The Labute approximate surface area is 149 Å². The highest BCUT2D eigenvalue weighted by Crippen LogP contribution is 2.20. The minimum atomic E-state index is -0.170. The molecule has 2 aromatic carbocycles. The van der Waals surface area contributed by atoms with E-state index < -0.39 is 0 Å². The molecule has 0 bridgehead atoms. The molecule has 3 aromatic rings. The number of aromatic nitrogens is 2. The van der Waals surface area contributed by atoms with Crippen LogP contribution in [-0.2, 0) is 18.3 Å². The van der Waals surface area contributed by atoms with Gasteiger partial charge in [0.1, 0.15) is 0 Å². The maximum Gasteiger partial charge on any atom is 0.266 e. The number of aryl methyl sites for hydroxylation is 1. The first-order valence-electron chi connectivity index (χ1n) is 7.70. The SMILES string of the molecule is Cn1nc(-c2cccc(NC(=O)Cc3ccc(Cl)cc3)c2)ccc1=O. The summed E-state index contributed by atoms with van der Waals surface area (Å²) in [6, 6.07) is 17.6. The molecule has 0 aliphatic rings. The molecule has 0 fully saturated rings. The quantitative estimate of drug-likeness (QED) is 0.782. The average Bonchev–Trinajstić information content (AvgIpc) is 2.59. The zero-order valence-electron chi connectivity index (χ0n) is 13.6. The Hall–Kier alpha value is -2.92. The Balaban J connectivity index is 1.74. The maximum absolute atomic E-state index is 12.2. The second-order valence-electron chi connectivity index (χ2n) is 5.61. The third-order valence-electron chi connectivity index (χ3n) is 3.68. The van der Waals surface area contributed by atoms with E-state index in [1.54, 1.807) is 25.2 Å². The second kappa shape index (κ2) is 7.32. The zero-order valence-corrected chi connectivity index (χ0v) is 14.3. The van der Waals surface area contributed by atoms with E-state index in [-0.39, 0.29) is 17.9 Å². The largest absolute Gasteiger partial charge is 0.326 e. The van der Waals surface area contributed by atoms with Crippen molar-refractivity contribution in [3.8, 4) is 11.3 Å². The summed E-state index contributed by atoms with van der Waals surface area (Å²) in [6.45, 7) is 0. The van der Waals surface area contributed by atoms with E-state index in [1.165, 1.54) is 10.7 Å². The summed E-state index contributed by atoms with van der Waals surface area (Å²) in [5, 5.41) is 7.73. The lowest BCUT2D eigenvalue weighted by Crippen LogP contribution is -2.18. The van der Waals surface area contributed by atoms with Crippen LogP contribution >= 0.6 is 11.6 Å². The predicted molar refractivity (Wildman–Crippen MR) is 98.7 cm³/mol. The Kier molecular flexibility index (Phi) is 4.95. The molecular formula is C19H16ClN3O2. The van der Waals surface area contributed by atoms with Crippen LogP contribution in [0.3, 0.4) is 0 Å². The van der Waals surface area contributed by atoms with Crippen molar-refractivity contribution >= 4 is 23.2 Å². The van der Waals surface area contributed by atoms with Crippen LogP contribution in [0.2, 0.25) is 5.02 Å². The molecule has 0 saturated carbocycles. The van der Waals surface area contributed by atoms with Gasteiger partial charge in [0.2, 0.25) is 5.91 Å². The van der Waals surface area contributed by atoms with E-state index in [4.69, 9.17) is 11.6 Å². The van der Waals surface area contributed by atoms with Gasteiger partial charge >= 0.3 is 0 Å². The predicted octanol–water partition coefficient (Wildman–Crippen LogP) is 3.28. The van der Waals surface area contributed by atoms with Gasteiger partial charge in [-0.2, -0.15) is 5.10 Å².